The van der Waals surface area contributed by atoms with Gasteiger partial charge in [-0.2, -0.15) is 0 Å². The van der Waals surface area contributed by atoms with Gasteiger partial charge in [0, 0.05) is 11.5 Å². The lowest BCUT2D eigenvalue weighted by Gasteiger charge is -2.04. The van der Waals surface area contributed by atoms with Gasteiger partial charge in [-0.15, -0.1) is 0 Å². The van der Waals surface area contributed by atoms with E-state index in [1.54, 1.807) is 0 Å². The van der Waals surface area contributed by atoms with Crippen molar-refractivity contribution in [1.82, 2.24) is 4.98 Å². The minimum absolute atomic E-state index is 0.305. The summed E-state index contributed by atoms with van der Waals surface area (Å²) in [6.45, 7) is 6.60. The molecule has 0 atom stereocenters. The van der Waals surface area contributed by atoms with Gasteiger partial charge < -0.3 is 10.2 Å². The van der Waals surface area contributed by atoms with Crippen LogP contribution in [0.1, 0.15) is 37.0 Å². The van der Waals surface area contributed by atoms with E-state index in [-0.39, 0.29) is 0 Å². The molecular weight excluding hydrogens is 212 g/mol. The summed E-state index contributed by atoms with van der Waals surface area (Å²) in [5.41, 5.74) is 8.82. The van der Waals surface area contributed by atoms with E-state index in [2.05, 4.69) is 50.0 Å². The highest BCUT2D eigenvalue weighted by Gasteiger charge is 2.16. The fourth-order valence-corrected chi connectivity index (χ4v) is 1.77. The van der Waals surface area contributed by atoms with Gasteiger partial charge in [0.15, 0.2) is 0 Å². The monoisotopic (exact) mass is 230 g/mol. The molecule has 2 aromatic rings. The summed E-state index contributed by atoms with van der Waals surface area (Å²) in [5.74, 6) is 1.82. The number of aryl methyl sites for hydroxylation is 1. The van der Waals surface area contributed by atoms with Crippen molar-refractivity contribution in [3.8, 4) is 11.3 Å². The van der Waals surface area contributed by atoms with Crippen molar-refractivity contribution in [2.75, 3.05) is 0 Å². The summed E-state index contributed by atoms with van der Waals surface area (Å²) in [6, 6.07) is 8.30. The highest BCUT2D eigenvalue weighted by molar-refractivity contribution is 5.62. The van der Waals surface area contributed by atoms with E-state index < -0.39 is 0 Å². The molecule has 1 aromatic heterocycles. The highest BCUT2D eigenvalue weighted by Crippen LogP contribution is 2.29. The first-order chi connectivity index (χ1) is 8.11. The van der Waals surface area contributed by atoms with Gasteiger partial charge in [-0.25, -0.2) is 4.98 Å². The number of nitrogens with zero attached hydrogens (tertiary/aromatic N) is 1. The van der Waals surface area contributed by atoms with Crippen LogP contribution in [0, 0.1) is 6.92 Å². The fraction of sp³-hybridized carbons (Fsp3) is 0.357. The fourth-order valence-electron chi connectivity index (χ4n) is 1.77. The van der Waals surface area contributed by atoms with E-state index in [4.69, 9.17) is 10.2 Å². The van der Waals surface area contributed by atoms with Crippen molar-refractivity contribution in [1.29, 1.82) is 0 Å². The SMILES string of the molecule is Cc1ccc(-c2nc(CN)oc2C(C)C)cc1. The van der Waals surface area contributed by atoms with E-state index in [9.17, 15) is 0 Å². The molecule has 0 aliphatic heterocycles. The Morgan fingerprint density at radius 1 is 1.24 bits per heavy atom. The Bertz CT molecular complexity index is 497. The lowest BCUT2D eigenvalue weighted by molar-refractivity contribution is 0.441. The summed E-state index contributed by atoms with van der Waals surface area (Å²) in [4.78, 5) is 4.46. The predicted molar refractivity (Wildman–Crippen MR) is 68.7 cm³/mol. The normalized spacial score (nSPS) is 11.1. The van der Waals surface area contributed by atoms with Gasteiger partial charge >= 0.3 is 0 Å². The van der Waals surface area contributed by atoms with Gasteiger partial charge in [-0.3, -0.25) is 0 Å². The van der Waals surface area contributed by atoms with Crippen LogP contribution in [0.2, 0.25) is 0 Å². The van der Waals surface area contributed by atoms with Crippen LogP contribution in [-0.2, 0) is 6.54 Å². The molecule has 0 aliphatic carbocycles. The van der Waals surface area contributed by atoms with Crippen LogP contribution in [-0.4, -0.2) is 4.98 Å². The lowest BCUT2D eigenvalue weighted by atomic mass is 10.0. The van der Waals surface area contributed by atoms with Crippen molar-refractivity contribution in [2.24, 2.45) is 5.73 Å². The molecule has 3 heteroatoms. The van der Waals surface area contributed by atoms with Crippen LogP contribution in [0.25, 0.3) is 11.3 Å². The minimum atomic E-state index is 0.305. The molecule has 0 aliphatic rings. The molecule has 0 saturated heterocycles. The number of rotatable bonds is 3. The Balaban J connectivity index is 2.49. The molecule has 0 radical (unpaired) electrons. The third-order valence-corrected chi connectivity index (χ3v) is 2.72. The maximum atomic E-state index is 5.67. The maximum Gasteiger partial charge on any atom is 0.208 e. The summed E-state index contributed by atoms with van der Waals surface area (Å²) in [6.07, 6.45) is 0. The molecule has 3 nitrogen and oxygen atoms in total. The van der Waals surface area contributed by atoms with Gasteiger partial charge in [-0.05, 0) is 6.92 Å². The second kappa shape index (κ2) is 4.72. The first-order valence-electron chi connectivity index (χ1n) is 5.88. The molecule has 1 heterocycles. The molecule has 17 heavy (non-hydrogen) atoms. The van der Waals surface area contributed by atoms with Crippen molar-refractivity contribution >= 4 is 0 Å². The van der Waals surface area contributed by atoms with E-state index in [1.807, 2.05) is 0 Å². The van der Waals surface area contributed by atoms with Crippen molar-refractivity contribution in [3.05, 3.63) is 41.5 Å². The summed E-state index contributed by atoms with van der Waals surface area (Å²) in [5, 5.41) is 0. The van der Waals surface area contributed by atoms with Crippen LogP contribution in [0.4, 0.5) is 0 Å². The molecular formula is C14H18N2O. The van der Waals surface area contributed by atoms with Crippen LogP contribution in [0.3, 0.4) is 0 Å². The maximum absolute atomic E-state index is 5.67. The molecule has 1 aromatic carbocycles. The van der Waals surface area contributed by atoms with Crippen LogP contribution >= 0.6 is 0 Å². The van der Waals surface area contributed by atoms with E-state index in [0.717, 1.165) is 17.0 Å². The Kier molecular flexibility index (Phi) is 3.29. The number of hydrogen-bond donors (Lipinski definition) is 1. The quantitative estimate of drug-likeness (QED) is 0.880. The zero-order chi connectivity index (χ0) is 12.4. The van der Waals surface area contributed by atoms with Gasteiger partial charge in [0.1, 0.15) is 11.5 Å². The Morgan fingerprint density at radius 2 is 1.88 bits per heavy atom. The first kappa shape index (κ1) is 11.9. The molecule has 0 saturated carbocycles. The number of nitrogens with two attached hydrogens (primary N) is 1. The second-order valence-electron chi connectivity index (χ2n) is 4.55. The second-order valence-corrected chi connectivity index (χ2v) is 4.55. The molecule has 2 N–H and O–H groups in total. The molecule has 0 amide bonds. The average molecular weight is 230 g/mol. The smallest absolute Gasteiger partial charge is 0.208 e. The molecule has 0 bridgehead atoms. The Hall–Kier alpha value is -1.61. The zero-order valence-corrected chi connectivity index (χ0v) is 10.5. The third kappa shape index (κ3) is 2.39. The van der Waals surface area contributed by atoms with E-state index in [1.165, 1.54) is 5.56 Å². The van der Waals surface area contributed by atoms with Crippen molar-refractivity contribution < 1.29 is 4.42 Å². The number of hydrogen-bond acceptors (Lipinski definition) is 3. The minimum Gasteiger partial charge on any atom is -0.443 e. The van der Waals surface area contributed by atoms with Gasteiger partial charge in [-0.1, -0.05) is 43.7 Å². The number of aromatic nitrogens is 1. The lowest BCUT2D eigenvalue weighted by Crippen LogP contribution is -1.95. The van der Waals surface area contributed by atoms with Gasteiger partial charge in [0.05, 0.1) is 6.54 Å². The predicted octanol–water partition coefficient (Wildman–Crippen LogP) is 3.23. The molecule has 0 unspecified atom stereocenters. The highest BCUT2D eigenvalue weighted by atomic mass is 16.4. The van der Waals surface area contributed by atoms with Crippen LogP contribution < -0.4 is 5.73 Å². The van der Waals surface area contributed by atoms with Gasteiger partial charge in [0.25, 0.3) is 0 Å². The molecule has 2 rings (SSSR count). The summed E-state index contributed by atoms with van der Waals surface area (Å²) in [7, 11) is 0. The van der Waals surface area contributed by atoms with E-state index in [0.29, 0.717) is 18.4 Å². The molecule has 0 spiro atoms. The Labute approximate surface area is 102 Å². The number of benzene rings is 1. The van der Waals surface area contributed by atoms with Crippen LogP contribution in [0.15, 0.2) is 28.7 Å². The first-order valence-corrected chi connectivity index (χ1v) is 5.88. The third-order valence-electron chi connectivity index (χ3n) is 2.72. The molecule has 0 fully saturated rings. The Morgan fingerprint density at radius 3 is 2.41 bits per heavy atom. The van der Waals surface area contributed by atoms with Gasteiger partial charge in [0.2, 0.25) is 5.89 Å². The average Bonchev–Trinajstić information content (AvgIpc) is 2.74. The van der Waals surface area contributed by atoms with Crippen molar-refractivity contribution in [3.63, 3.8) is 0 Å². The number of oxazole rings is 1. The van der Waals surface area contributed by atoms with Crippen LogP contribution in [0.5, 0.6) is 0 Å². The summed E-state index contributed by atoms with van der Waals surface area (Å²) >= 11 is 0. The zero-order valence-electron chi connectivity index (χ0n) is 10.5. The van der Waals surface area contributed by atoms with Crippen molar-refractivity contribution in [2.45, 2.75) is 33.2 Å². The van der Waals surface area contributed by atoms with E-state index >= 15 is 0 Å². The largest absolute Gasteiger partial charge is 0.443 e. The standard InChI is InChI=1S/C14H18N2O/c1-9(2)14-13(16-12(8-15)17-14)11-6-4-10(3)5-7-11/h4-7,9H,8,15H2,1-3H3. The molecule has 90 valence electrons. The summed E-state index contributed by atoms with van der Waals surface area (Å²) < 4.78 is 5.67. The topological polar surface area (TPSA) is 52.0 Å².